The second kappa shape index (κ2) is 5.24. The van der Waals surface area contributed by atoms with E-state index in [9.17, 15) is 5.11 Å². The van der Waals surface area contributed by atoms with E-state index in [0.717, 1.165) is 29.8 Å². The SMILES string of the molecule is Cc1cc(N2CCC(C)C(O)C2)ccc1C(N)=S. The molecule has 1 saturated heterocycles. The molecule has 1 aliphatic rings. The molecule has 1 heterocycles. The van der Waals surface area contributed by atoms with Crippen molar-refractivity contribution < 1.29 is 5.11 Å². The fourth-order valence-corrected chi connectivity index (χ4v) is 2.63. The van der Waals surface area contributed by atoms with Crippen LogP contribution in [0, 0.1) is 12.8 Å². The Labute approximate surface area is 114 Å². The minimum Gasteiger partial charge on any atom is -0.391 e. The number of benzene rings is 1. The van der Waals surface area contributed by atoms with Crippen molar-refractivity contribution in [1.29, 1.82) is 0 Å². The zero-order valence-corrected chi connectivity index (χ0v) is 11.7. The number of hydrogen-bond acceptors (Lipinski definition) is 3. The highest BCUT2D eigenvalue weighted by atomic mass is 32.1. The summed E-state index contributed by atoms with van der Waals surface area (Å²) in [6.45, 7) is 5.81. The average molecular weight is 264 g/mol. The minimum atomic E-state index is -0.241. The molecule has 1 fully saturated rings. The molecule has 1 aliphatic heterocycles. The maximum atomic E-state index is 9.94. The molecule has 0 aromatic heterocycles. The summed E-state index contributed by atoms with van der Waals surface area (Å²) in [6, 6.07) is 6.10. The Kier molecular flexibility index (Phi) is 3.88. The lowest BCUT2D eigenvalue weighted by Crippen LogP contribution is -2.42. The van der Waals surface area contributed by atoms with Crippen molar-refractivity contribution in [2.45, 2.75) is 26.4 Å². The molecule has 2 rings (SSSR count). The van der Waals surface area contributed by atoms with Crippen LogP contribution in [0.15, 0.2) is 18.2 Å². The van der Waals surface area contributed by atoms with Gasteiger partial charge in [-0.1, -0.05) is 19.1 Å². The Morgan fingerprint density at radius 2 is 2.22 bits per heavy atom. The molecule has 3 N–H and O–H groups in total. The van der Waals surface area contributed by atoms with Gasteiger partial charge in [-0.2, -0.15) is 0 Å². The van der Waals surface area contributed by atoms with Crippen molar-refractivity contribution in [1.82, 2.24) is 0 Å². The van der Waals surface area contributed by atoms with Gasteiger partial charge in [-0.25, -0.2) is 0 Å². The zero-order valence-electron chi connectivity index (χ0n) is 10.9. The van der Waals surface area contributed by atoms with Crippen molar-refractivity contribution >= 4 is 22.9 Å². The number of piperidine rings is 1. The van der Waals surface area contributed by atoms with Gasteiger partial charge in [0.15, 0.2) is 0 Å². The summed E-state index contributed by atoms with van der Waals surface area (Å²) in [5.41, 5.74) is 8.82. The first-order valence-corrected chi connectivity index (χ1v) is 6.73. The van der Waals surface area contributed by atoms with Gasteiger partial charge in [-0.3, -0.25) is 0 Å². The molecule has 0 saturated carbocycles. The molecule has 3 nitrogen and oxygen atoms in total. The molecule has 1 aromatic carbocycles. The van der Waals surface area contributed by atoms with E-state index in [2.05, 4.69) is 17.9 Å². The molecule has 0 amide bonds. The number of rotatable bonds is 2. The van der Waals surface area contributed by atoms with E-state index in [1.807, 2.05) is 19.1 Å². The Balaban J connectivity index is 2.19. The number of hydrogen-bond donors (Lipinski definition) is 2. The third-order valence-corrected chi connectivity index (χ3v) is 3.98. The summed E-state index contributed by atoms with van der Waals surface area (Å²) in [6.07, 6.45) is 0.784. The van der Waals surface area contributed by atoms with E-state index in [0.29, 0.717) is 17.5 Å². The van der Waals surface area contributed by atoms with Gasteiger partial charge in [-0.15, -0.1) is 0 Å². The monoisotopic (exact) mass is 264 g/mol. The Morgan fingerprint density at radius 3 is 2.78 bits per heavy atom. The molecule has 98 valence electrons. The van der Waals surface area contributed by atoms with Gasteiger partial charge in [0.2, 0.25) is 0 Å². The number of nitrogens with zero attached hydrogens (tertiary/aromatic N) is 1. The van der Waals surface area contributed by atoms with E-state index in [1.165, 1.54) is 0 Å². The molecular weight excluding hydrogens is 244 g/mol. The van der Waals surface area contributed by atoms with Crippen LogP contribution in [0.2, 0.25) is 0 Å². The predicted molar refractivity (Wildman–Crippen MR) is 79.1 cm³/mol. The highest BCUT2D eigenvalue weighted by Gasteiger charge is 2.24. The fraction of sp³-hybridized carbons (Fsp3) is 0.500. The van der Waals surface area contributed by atoms with E-state index in [4.69, 9.17) is 18.0 Å². The molecule has 0 spiro atoms. The molecule has 4 heteroatoms. The first-order chi connectivity index (χ1) is 8.49. The number of anilines is 1. The minimum absolute atomic E-state index is 0.241. The summed E-state index contributed by atoms with van der Waals surface area (Å²) in [5.74, 6) is 0.387. The summed E-state index contributed by atoms with van der Waals surface area (Å²) >= 11 is 5.01. The number of β-amino-alcohol motifs (C(OH)–C–C–N with tert-alkyl or cyclic N) is 1. The normalized spacial score (nSPS) is 24.1. The van der Waals surface area contributed by atoms with E-state index in [-0.39, 0.29) is 6.10 Å². The second-order valence-corrected chi connectivity index (χ2v) is 5.58. The number of thiocarbonyl (C=S) groups is 1. The predicted octanol–water partition coefficient (Wildman–Crippen LogP) is 1.84. The average Bonchev–Trinajstić information content (AvgIpc) is 2.32. The second-order valence-electron chi connectivity index (χ2n) is 5.14. The van der Waals surface area contributed by atoms with Crippen molar-refractivity contribution in [2.24, 2.45) is 11.7 Å². The maximum absolute atomic E-state index is 9.94. The lowest BCUT2D eigenvalue weighted by Gasteiger charge is -2.36. The van der Waals surface area contributed by atoms with E-state index < -0.39 is 0 Å². The van der Waals surface area contributed by atoms with Gasteiger partial charge in [0, 0.05) is 24.3 Å². The van der Waals surface area contributed by atoms with Crippen LogP contribution in [0.3, 0.4) is 0 Å². The molecule has 0 aliphatic carbocycles. The molecule has 2 atom stereocenters. The van der Waals surface area contributed by atoms with Crippen LogP contribution in [-0.4, -0.2) is 29.3 Å². The van der Waals surface area contributed by atoms with Gasteiger partial charge < -0.3 is 15.7 Å². The van der Waals surface area contributed by atoms with Crippen molar-refractivity contribution in [3.63, 3.8) is 0 Å². The Morgan fingerprint density at radius 1 is 1.50 bits per heavy atom. The molecular formula is C14H20N2OS. The van der Waals surface area contributed by atoms with Crippen LogP contribution in [0.5, 0.6) is 0 Å². The van der Waals surface area contributed by atoms with Gasteiger partial charge >= 0.3 is 0 Å². The summed E-state index contributed by atoms with van der Waals surface area (Å²) < 4.78 is 0. The molecule has 18 heavy (non-hydrogen) atoms. The zero-order chi connectivity index (χ0) is 13.3. The Bertz CT molecular complexity index is 461. The highest BCUT2D eigenvalue weighted by Crippen LogP contribution is 2.25. The Hall–Kier alpha value is -1.13. The third-order valence-electron chi connectivity index (χ3n) is 3.76. The molecule has 0 radical (unpaired) electrons. The van der Waals surface area contributed by atoms with E-state index >= 15 is 0 Å². The van der Waals surface area contributed by atoms with Crippen molar-refractivity contribution in [2.75, 3.05) is 18.0 Å². The van der Waals surface area contributed by atoms with Crippen LogP contribution in [0.25, 0.3) is 0 Å². The number of nitrogens with two attached hydrogens (primary N) is 1. The number of aryl methyl sites for hydroxylation is 1. The van der Waals surface area contributed by atoms with Crippen LogP contribution < -0.4 is 10.6 Å². The smallest absolute Gasteiger partial charge is 0.104 e. The highest BCUT2D eigenvalue weighted by molar-refractivity contribution is 7.80. The first-order valence-electron chi connectivity index (χ1n) is 6.32. The fourth-order valence-electron chi connectivity index (χ4n) is 2.40. The van der Waals surface area contributed by atoms with Crippen molar-refractivity contribution in [3.8, 4) is 0 Å². The van der Waals surface area contributed by atoms with E-state index in [1.54, 1.807) is 0 Å². The summed E-state index contributed by atoms with van der Waals surface area (Å²) in [4.78, 5) is 2.66. The topological polar surface area (TPSA) is 49.5 Å². The van der Waals surface area contributed by atoms with Gasteiger partial charge in [0.1, 0.15) is 4.99 Å². The quantitative estimate of drug-likeness (QED) is 0.800. The lowest BCUT2D eigenvalue weighted by molar-refractivity contribution is 0.103. The van der Waals surface area contributed by atoms with Crippen LogP contribution in [-0.2, 0) is 0 Å². The summed E-state index contributed by atoms with van der Waals surface area (Å²) in [7, 11) is 0. The van der Waals surface area contributed by atoms with Crippen molar-refractivity contribution in [3.05, 3.63) is 29.3 Å². The number of aliphatic hydroxyl groups is 1. The standard InChI is InChI=1S/C14H20N2OS/c1-9-5-6-16(8-13(9)17)11-3-4-12(14(15)18)10(2)7-11/h3-4,7,9,13,17H,5-6,8H2,1-2H3,(H2,15,18). The van der Waals surface area contributed by atoms with Gasteiger partial charge in [0.25, 0.3) is 0 Å². The van der Waals surface area contributed by atoms with Gasteiger partial charge in [-0.05, 0) is 43.0 Å². The molecule has 2 unspecified atom stereocenters. The summed E-state index contributed by atoms with van der Waals surface area (Å²) in [5, 5.41) is 9.94. The number of aliphatic hydroxyl groups excluding tert-OH is 1. The third kappa shape index (κ3) is 2.65. The lowest BCUT2D eigenvalue weighted by atomic mass is 9.95. The van der Waals surface area contributed by atoms with Crippen LogP contribution in [0.4, 0.5) is 5.69 Å². The molecule has 1 aromatic rings. The van der Waals surface area contributed by atoms with Gasteiger partial charge in [0.05, 0.1) is 6.10 Å². The van der Waals surface area contributed by atoms with Crippen LogP contribution >= 0.6 is 12.2 Å². The largest absolute Gasteiger partial charge is 0.391 e. The maximum Gasteiger partial charge on any atom is 0.104 e. The first kappa shape index (κ1) is 13.3. The van der Waals surface area contributed by atoms with Crippen LogP contribution in [0.1, 0.15) is 24.5 Å². The molecule has 0 bridgehead atoms.